The predicted octanol–water partition coefficient (Wildman–Crippen LogP) is 4.77. The van der Waals surface area contributed by atoms with E-state index < -0.39 is 5.60 Å². The van der Waals surface area contributed by atoms with Crippen molar-refractivity contribution in [3.05, 3.63) is 59.1 Å². The van der Waals surface area contributed by atoms with Gasteiger partial charge in [-0.05, 0) is 41.7 Å². The molecular formula is C17H17ClO. The van der Waals surface area contributed by atoms with Gasteiger partial charge in [0.1, 0.15) is 0 Å². The van der Waals surface area contributed by atoms with E-state index in [9.17, 15) is 5.11 Å². The molecule has 1 aliphatic rings. The lowest BCUT2D eigenvalue weighted by Gasteiger charge is -2.22. The fourth-order valence-electron chi connectivity index (χ4n) is 2.86. The van der Waals surface area contributed by atoms with Crippen LogP contribution in [-0.4, -0.2) is 5.11 Å². The van der Waals surface area contributed by atoms with Crippen LogP contribution in [0, 0.1) is 0 Å². The Hall–Kier alpha value is -1.31. The molecule has 0 radical (unpaired) electrons. The quantitative estimate of drug-likeness (QED) is 0.835. The highest BCUT2D eigenvalue weighted by molar-refractivity contribution is 6.30. The summed E-state index contributed by atoms with van der Waals surface area (Å²) < 4.78 is 0. The summed E-state index contributed by atoms with van der Waals surface area (Å²) in [4.78, 5) is 0. The Morgan fingerprint density at radius 1 is 0.789 bits per heavy atom. The van der Waals surface area contributed by atoms with Crippen molar-refractivity contribution < 1.29 is 5.11 Å². The molecule has 0 unspecified atom stereocenters. The van der Waals surface area contributed by atoms with Crippen molar-refractivity contribution in [1.82, 2.24) is 0 Å². The Morgan fingerprint density at radius 2 is 1.26 bits per heavy atom. The first-order valence-corrected chi connectivity index (χ1v) is 7.14. The average Bonchev–Trinajstić information content (AvgIpc) is 2.88. The molecule has 2 aromatic rings. The normalized spacial score (nSPS) is 17.6. The number of halogens is 1. The molecule has 0 atom stereocenters. The molecule has 0 amide bonds. The van der Waals surface area contributed by atoms with E-state index in [1.807, 2.05) is 24.3 Å². The largest absolute Gasteiger partial charge is 0.385 e. The van der Waals surface area contributed by atoms with Gasteiger partial charge in [-0.25, -0.2) is 0 Å². The zero-order valence-corrected chi connectivity index (χ0v) is 11.5. The van der Waals surface area contributed by atoms with Crippen LogP contribution in [0.25, 0.3) is 11.1 Å². The Balaban J connectivity index is 1.88. The average molecular weight is 273 g/mol. The number of aliphatic hydroxyl groups is 1. The lowest BCUT2D eigenvalue weighted by atomic mass is 9.91. The molecule has 0 bridgehead atoms. The van der Waals surface area contributed by atoms with Crippen LogP contribution >= 0.6 is 11.6 Å². The van der Waals surface area contributed by atoms with Crippen LogP contribution in [-0.2, 0) is 5.60 Å². The molecule has 98 valence electrons. The third kappa shape index (κ3) is 2.54. The highest BCUT2D eigenvalue weighted by Gasteiger charge is 2.32. The molecule has 0 saturated heterocycles. The van der Waals surface area contributed by atoms with Gasteiger partial charge in [0.2, 0.25) is 0 Å². The minimum Gasteiger partial charge on any atom is -0.385 e. The summed E-state index contributed by atoms with van der Waals surface area (Å²) in [6.45, 7) is 0. The molecule has 1 aliphatic carbocycles. The van der Waals surface area contributed by atoms with Crippen molar-refractivity contribution in [2.75, 3.05) is 0 Å². The van der Waals surface area contributed by atoms with E-state index in [0.29, 0.717) is 0 Å². The molecule has 3 rings (SSSR count). The van der Waals surface area contributed by atoms with Crippen molar-refractivity contribution >= 4 is 11.6 Å². The first-order valence-electron chi connectivity index (χ1n) is 6.76. The second-order valence-electron chi connectivity index (χ2n) is 5.32. The van der Waals surface area contributed by atoms with Gasteiger partial charge >= 0.3 is 0 Å². The van der Waals surface area contributed by atoms with Gasteiger partial charge in [-0.1, -0.05) is 60.8 Å². The molecule has 1 N–H and O–H groups in total. The van der Waals surface area contributed by atoms with E-state index in [2.05, 4.69) is 24.3 Å². The molecule has 0 aliphatic heterocycles. The van der Waals surface area contributed by atoms with Gasteiger partial charge in [0.15, 0.2) is 0 Å². The van der Waals surface area contributed by atoms with Gasteiger partial charge in [-0.3, -0.25) is 0 Å². The van der Waals surface area contributed by atoms with Crippen LogP contribution < -0.4 is 0 Å². The van der Waals surface area contributed by atoms with Gasteiger partial charge in [0.25, 0.3) is 0 Å². The molecule has 19 heavy (non-hydrogen) atoms. The van der Waals surface area contributed by atoms with Gasteiger partial charge in [-0.2, -0.15) is 0 Å². The third-order valence-electron chi connectivity index (χ3n) is 4.03. The number of rotatable bonds is 2. The highest BCUT2D eigenvalue weighted by Crippen LogP contribution is 2.39. The van der Waals surface area contributed by atoms with Crippen LogP contribution in [0.5, 0.6) is 0 Å². The first kappa shape index (κ1) is 12.7. The van der Waals surface area contributed by atoms with E-state index in [1.165, 1.54) is 0 Å². The van der Waals surface area contributed by atoms with Crippen molar-refractivity contribution in [2.45, 2.75) is 31.3 Å². The second-order valence-corrected chi connectivity index (χ2v) is 5.76. The molecule has 1 fully saturated rings. The van der Waals surface area contributed by atoms with Crippen LogP contribution in [0.15, 0.2) is 48.5 Å². The molecule has 2 heteroatoms. The highest BCUT2D eigenvalue weighted by atomic mass is 35.5. The smallest absolute Gasteiger partial charge is 0.0896 e. The summed E-state index contributed by atoms with van der Waals surface area (Å²) in [5, 5.41) is 11.3. The fraction of sp³-hybridized carbons (Fsp3) is 0.294. The molecule has 1 nitrogen and oxygen atoms in total. The Bertz CT molecular complexity index is 551. The Labute approximate surface area is 118 Å². The number of benzene rings is 2. The number of hydrogen-bond donors (Lipinski definition) is 1. The summed E-state index contributed by atoms with van der Waals surface area (Å²) in [6.07, 6.45) is 4.01. The summed E-state index contributed by atoms with van der Waals surface area (Å²) in [6, 6.07) is 16.1. The van der Waals surface area contributed by atoms with Crippen LogP contribution in [0.3, 0.4) is 0 Å². The Kier molecular flexibility index (Phi) is 3.34. The second kappa shape index (κ2) is 4.99. The van der Waals surface area contributed by atoms with E-state index in [4.69, 9.17) is 11.6 Å². The lowest BCUT2D eigenvalue weighted by molar-refractivity contribution is 0.0445. The molecule has 0 spiro atoms. The monoisotopic (exact) mass is 272 g/mol. The summed E-state index contributed by atoms with van der Waals surface area (Å²) >= 11 is 5.90. The first-order chi connectivity index (χ1) is 9.17. The van der Waals surface area contributed by atoms with Crippen molar-refractivity contribution in [3.63, 3.8) is 0 Å². The molecule has 1 saturated carbocycles. The maximum absolute atomic E-state index is 10.5. The van der Waals surface area contributed by atoms with Crippen LogP contribution in [0.2, 0.25) is 5.02 Å². The summed E-state index contributed by atoms with van der Waals surface area (Å²) in [5.41, 5.74) is 2.75. The SMILES string of the molecule is OC1(c2ccc(-c3ccc(Cl)cc3)cc2)CCCC1. The maximum Gasteiger partial charge on any atom is 0.0896 e. The van der Waals surface area contributed by atoms with Crippen molar-refractivity contribution in [3.8, 4) is 11.1 Å². The van der Waals surface area contributed by atoms with Crippen molar-refractivity contribution in [2.24, 2.45) is 0 Å². The third-order valence-corrected chi connectivity index (χ3v) is 4.28. The molecule has 0 aromatic heterocycles. The fourth-order valence-corrected chi connectivity index (χ4v) is 2.99. The lowest BCUT2D eigenvalue weighted by Crippen LogP contribution is -2.20. The van der Waals surface area contributed by atoms with Gasteiger partial charge in [-0.15, -0.1) is 0 Å². The van der Waals surface area contributed by atoms with E-state index in [0.717, 1.165) is 47.4 Å². The minimum atomic E-state index is -0.599. The van der Waals surface area contributed by atoms with Gasteiger partial charge in [0, 0.05) is 5.02 Å². The van der Waals surface area contributed by atoms with Gasteiger partial charge in [0.05, 0.1) is 5.60 Å². The zero-order chi connectivity index (χ0) is 13.3. The van der Waals surface area contributed by atoms with E-state index in [-0.39, 0.29) is 0 Å². The zero-order valence-electron chi connectivity index (χ0n) is 10.8. The van der Waals surface area contributed by atoms with Crippen molar-refractivity contribution in [1.29, 1.82) is 0 Å². The minimum absolute atomic E-state index is 0.599. The van der Waals surface area contributed by atoms with Crippen LogP contribution in [0.4, 0.5) is 0 Å². The van der Waals surface area contributed by atoms with E-state index >= 15 is 0 Å². The Morgan fingerprint density at radius 3 is 1.79 bits per heavy atom. The topological polar surface area (TPSA) is 20.2 Å². The summed E-state index contributed by atoms with van der Waals surface area (Å²) in [5.74, 6) is 0. The standard InChI is InChI=1S/C17H17ClO/c18-16-9-5-14(6-10-16)13-3-7-15(8-4-13)17(19)11-1-2-12-17/h3-10,19H,1-2,11-12H2. The molecular weight excluding hydrogens is 256 g/mol. The predicted molar refractivity (Wildman–Crippen MR) is 79.3 cm³/mol. The number of hydrogen-bond acceptors (Lipinski definition) is 1. The molecule has 2 aromatic carbocycles. The molecule has 0 heterocycles. The van der Waals surface area contributed by atoms with Gasteiger partial charge < -0.3 is 5.11 Å². The maximum atomic E-state index is 10.5. The van der Waals surface area contributed by atoms with E-state index in [1.54, 1.807) is 0 Å². The summed E-state index contributed by atoms with van der Waals surface area (Å²) in [7, 11) is 0. The van der Waals surface area contributed by atoms with Crippen LogP contribution in [0.1, 0.15) is 31.2 Å².